The first-order chi connectivity index (χ1) is 18.3. The lowest BCUT2D eigenvalue weighted by Gasteiger charge is -2.38. The number of ether oxygens (including phenoxy) is 1. The number of halogens is 3. The first-order valence-corrected chi connectivity index (χ1v) is 14.3. The number of piperidine rings is 1. The maximum atomic E-state index is 15.5. The van der Waals surface area contributed by atoms with Crippen LogP contribution in [0, 0.1) is 17.7 Å². The van der Waals surface area contributed by atoms with Crippen LogP contribution < -0.4 is 4.74 Å². The molecule has 0 saturated carbocycles. The predicted octanol–water partition coefficient (Wildman–Crippen LogP) is 7.42. The summed E-state index contributed by atoms with van der Waals surface area (Å²) in [7, 11) is 1.58. The zero-order chi connectivity index (χ0) is 27.1. The number of fused-ring (bicyclic) bond motifs is 1. The van der Waals surface area contributed by atoms with Crippen LogP contribution in [0.4, 0.5) is 8.78 Å². The Morgan fingerprint density at radius 1 is 1.26 bits per heavy atom. The topological polar surface area (TPSA) is 62.7 Å². The summed E-state index contributed by atoms with van der Waals surface area (Å²) in [6.45, 7) is 2.40. The van der Waals surface area contributed by atoms with Crippen LogP contribution >= 0.6 is 23.4 Å². The Labute approximate surface area is 231 Å². The van der Waals surface area contributed by atoms with Crippen molar-refractivity contribution in [3.63, 3.8) is 0 Å². The van der Waals surface area contributed by atoms with Gasteiger partial charge in [0.05, 0.1) is 12.6 Å². The number of aromatic nitrogens is 1. The quantitative estimate of drug-likeness (QED) is 0.183. The van der Waals surface area contributed by atoms with Gasteiger partial charge in [-0.25, -0.2) is 8.78 Å². The first kappa shape index (κ1) is 28.6. The number of carboxylic acid groups (broad SMARTS) is 1. The molecule has 1 N–H and O–H groups in total. The number of nitrogens with zero attached hydrogens (tertiary/aromatic N) is 2. The Balaban J connectivity index is 1.31. The molecule has 4 rings (SSSR count). The molecule has 1 saturated heterocycles. The average molecular weight is 563 g/mol. The van der Waals surface area contributed by atoms with E-state index in [2.05, 4.69) is 9.88 Å². The van der Waals surface area contributed by atoms with Gasteiger partial charge < -0.3 is 14.7 Å². The highest BCUT2D eigenvalue weighted by molar-refractivity contribution is 7.99. The molecule has 1 unspecified atom stereocenters. The third kappa shape index (κ3) is 7.80. The van der Waals surface area contributed by atoms with Crippen molar-refractivity contribution >= 4 is 40.2 Å². The fourth-order valence-corrected chi connectivity index (χ4v) is 6.55. The Kier molecular flexibility index (Phi) is 10.2. The molecule has 2 aromatic carbocycles. The summed E-state index contributed by atoms with van der Waals surface area (Å²) in [6, 6.07) is 11.7. The highest BCUT2D eigenvalue weighted by Crippen LogP contribution is 2.36. The largest absolute Gasteiger partial charge is 0.497 e. The number of aliphatic carboxylic acids is 1. The molecule has 0 amide bonds. The second-order valence-electron chi connectivity index (χ2n) is 9.84. The molecule has 1 aliphatic rings. The Morgan fingerprint density at radius 2 is 2.11 bits per heavy atom. The average Bonchev–Trinajstić information content (AvgIpc) is 2.89. The van der Waals surface area contributed by atoms with Crippen molar-refractivity contribution in [2.24, 2.45) is 11.8 Å². The minimum atomic E-state index is -1.16. The van der Waals surface area contributed by atoms with E-state index in [4.69, 9.17) is 16.3 Å². The second kappa shape index (κ2) is 13.6. The maximum absolute atomic E-state index is 15.5. The van der Waals surface area contributed by atoms with Gasteiger partial charge in [-0.2, -0.15) is 0 Å². The van der Waals surface area contributed by atoms with Gasteiger partial charge in [0, 0.05) is 34.5 Å². The molecule has 0 radical (unpaired) electrons. The Hall–Kier alpha value is -2.42. The number of hydrogen-bond donors (Lipinski definition) is 1. The lowest BCUT2D eigenvalue weighted by molar-refractivity contribution is -0.139. The van der Waals surface area contributed by atoms with Crippen LogP contribution in [0.15, 0.2) is 53.6 Å². The number of carboxylic acids is 1. The molecule has 3 aromatic rings. The van der Waals surface area contributed by atoms with E-state index in [-0.39, 0.29) is 24.1 Å². The molecule has 0 aliphatic carbocycles. The van der Waals surface area contributed by atoms with Gasteiger partial charge in [-0.3, -0.25) is 9.78 Å². The summed E-state index contributed by atoms with van der Waals surface area (Å²) >= 11 is 7.50. The van der Waals surface area contributed by atoms with Gasteiger partial charge >= 0.3 is 5.97 Å². The molecule has 0 spiro atoms. The summed E-state index contributed by atoms with van der Waals surface area (Å²) in [6.07, 6.45) is 3.27. The summed E-state index contributed by atoms with van der Waals surface area (Å²) in [5.74, 6) is 0.461. The molecule has 1 aliphatic heterocycles. The van der Waals surface area contributed by atoms with E-state index < -0.39 is 12.1 Å². The molecule has 9 heteroatoms. The predicted molar refractivity (Wildman–Crippen MR) is 148 cm³/mol. The van der Waals surface area contributed by atoms with Crippen molar-refractivity contribution in [3.05, 3.63) is 65.1 Å². The van der Waals surface area contributed by atoms with Gasteiger partial charge in [-0.05, 0) is 104 Å². The number of benzene rings is 2. The van der Waals surface area contributed by atoms with Gasteiger partial charge in [0.2, 0.25) is 0 Å². The third-order valence-electron chi connectivity index (χ3n) is 7.25. The fraction of sp³-hybridized carbons (Fsp3) is 0.448. The number of thioether (sulfide) groups is 1. The van der Waals surface area contributed by atoms with Gasteiger partial charge in [0.15, 0.2) is 0 Å². The van der Waals surface area contributed by atoms with Crippen LogP contribution in [0.3, 0.4) is 0 Å². The number of carbonyl (C=O) groups is 1. The van der Waals surface area contributed by atoms with Gasteiger partial charge in [-0.1, -0.05) is 11.6 Å². The lowest BCUT2D eigenvalue weighted by Crippen LogP contribution is -2.42. The van der Waals surface area contributed by atoms with E-state index in [9.17, 15) is 14.3 Å². The number of likely N-dealkylation sites (tertiary alicyclic amines) is 1. The van der Waals surface area contributed by atoms with Gasteiger partial charge in [0.25, 0.3) is 0 Å². The smallest absolute Gasteiger partial charge is 0.303 e. The molecule has 1 aromatic heterocycles. The van der Waals surface area contributed by atoms with E-state index >= 15 is 4.39 Å². The van der Waals surface area contributed by atoms with Crippen molar-refractivity contribution in [1.82, 2.24) is 9.88 Å². The number of alkyl halides is 1. The number of pyridine rings is 1. The number of methoxy groups -OCH3 is 1. The van der Waals surface area contributed by atoms with E-state index in [1.807, 2.05) is 18.2 Å². The van der Waals surface area contributed by atoms with Gasteiger partial charge in [0.1, 0.15) is 17.7 Å². The summed E-state index contributed by atoms with van der Waals surface area (Å²) < 4.78 is 34.3. The fourth-order valence-electron chi connectivity index (χ4n) is 5.35. The van der Waals surface area contributed by atoms with Gasteiger partial charge in [-0.15, -0.1) is 11.8 Å². The van der Waals surface area contributed by atoms with Crippen molar-refractivity contribution in [2.45, 2.75) is 43.2 Å². The van der Waals surface area contributed by atoms with Crippen LogP contribution in [0.1, 0.15) is 43.8 Å². The highest BCUT2D eigenvalue weighted by atomic mass is 35.5. The van der Waals surface area contributed by atoms with Crippen LogP contribution in [0.25, 0.3) is 10.9 Å². The summed E-state index contributed by atoms with van der Waals surface area (Å²) in [4.78, 5) is 19.1. The SMILES string of the molecule is COc1ccc2nccc(C(F)CC[C@@H]3CCN(CCCSc4cc(F)cc(Cl)c4)C[C@@H]3CC(=O)O)c2c1. The standard InChI is InChI=1S/C29H33ClF2N2O3S/c1-37-23-4-6-28-26(17-23)25(7-9-33-28)27(32)5-3-19-8-11-34(18-20(19)13-29(35)36)10-2-12-38-24-15-21(30)14-22(31)16-24/h4,6-7,9,14-17,19-20,27H,2-3,5,8,10-13,18H2,1H3,(H,35,36)/t19-,20+,27?/m1/s1. The number of hydrogen-bond acceptors (Lipinski definition) is 5. The first-order valence-electron chi connectivity index (χ1n) is 12.9. The van der Waals surface area contributed by atoms with Crippen LogP contribution in [-0.4, -0.2) is 53.5 Å². The minimum absolute atomic E-state index is 0.0163. The maximum Gasteiger partial charge on any atom is 0.303 e. The normalized spacial score (nSPS) is 18.9. The lowest BCUT2D eigenvalue weighted by atomic mass is 9.79. The zero-order valence-corrected chi connectivity index (χ0v) is 23.0. The van der Waals surface area contributed by atoms with Crippen molar-refractivity contribution < 1.29 is 23.4 Å². The number of rotatable bonds is 12. The minimum Gasteiger partial charge on any atom is -0.497 e. The van der Waals surface area contributed by atoms with Crippen LogP contribution in [0.5, 0.6) is 5.75 Å². The third-order valence-corrected chi connectivity index (χ3v) is 8.53. The van der Waals surface area contributed by atoms with Crippen molar-refractivity contribution in [2.75, 3.05) is 32.5 Å². The van der Waals surface area contributed by atoms with Crippen LogP contribution in [-0.2, 0) is 4.79 Å². The van der Waals surface area contributed by atoms with E-state index in [0.717, 1.165) is 47.5 Å². The monoisotopic (exact) mass is 562 g/mol. The molecule has 204 valence electrons. The van der Waals surface area contributed by atoms with Crippen molar-refractivity contribution in [3.8, 4) is 5.75 Å². The van der Waals surface area contributed by atoms with Crippen LogP contribution in [0.2, 0.25) is 5.02 Å². The molecule has 38 heavy (non-hydrogen) atoms. The molecule has 3 atom stereocenters. The molecule has 1 fully saturated rings. The highest BCUT2D eigenvalue weighted by Gasteiger charge is 2.31. The molecule has 0 bridgehead atoms. The second-order valence-corrected chi connectivity index (χ2v) is 11.4. The van der Waals surface area contributed by atoms with E-state index in [1.54, 1.807) is 37.2 Å². The Bertz CT molecular complexity index is 1230. The van der Waals surface area contributed by atoms with Crippen molar-refractivity contribution in [1.29, 1.82) is 0 Å². The molecular formula is C29H33ClF2N2O3S. The molecular weight excluding hydrogens is 530 g/mol. The molecule has 5 nitrogen and oxygen atoms in total. The van der Waals surface area contributed by atoms with E-state index in [0.29, 0.717) is 35.7 Å². The summed E-state index contributed by atoms with van der Waals surface area (Å²) in [5, 5.41) is 10.7. The molecule has 2 heterocycles. The Morgan fingerprint density at radius 3 is 2.87 bits per heavy atom. The zero-order valence-electron chi connectivity index (χ0n) is 21.4. The van der Waals surface area contributed by atoms with E-state index in [1.165, 1.54) is 12.1 Å². The summed E-state index contributed by atoms with van der Waals surface area (Å²) in [5.41, 5.74) is 1.32.